The maximum atomic E-state index is 4.94. The van der Waals surface area contributed by atoms with Crippen LogP contribution < -0.4 is 0 Å². The van der Waals surface area contributed by atoms with E-state index in [1.54, 1.807) is 0 Å². The molecule has 2 rings (SSSR count). The Morgan fingerprint density at radius 3 is 1.39 bits per heavy atom. The van der Waals surface area contributed by atoms with Gasteiger partial charge < -0.3 is 41.9 Å². The molecule has 0 aromatic heterocycles. The SMILES string of the molecule is C1CCOC1.Cl.Cl.[C-]1=CC=CC1.[CH3-].[CH3-].[CH3-].[CH3-].[CH3-].[Cr+6]. The molecule has 0 spiro atoms. The van der Waals surface area contributed by atoms with Crippen LogP contribution >= 0.6 is 24.8 Å². The summed E-state index contributed by atoms with van der Waals surface area (Å²) in [6.07, 6.45) is 12.6. The van der Waals surface area contributed by atoms with E-state index in [0.29, 0.717) is 0 Å². The number of allylic oxidation sites excluding steroid dienone is 4. The fourth-order valence-corrected chi connectivity index (χ4v) is 0.851. The topological polar surface area (TPSA) is 9.23 Å². The smallest absolute Gasteiger partial charge is 0.381 e. The van der Waals surface area contributed by atoms with Gasteiger partial charge in [-0.15, -0.1) is 31.2 Å². The molecule has 4 heteroatoms. The van der Waals surface area contributed by atoms with E-state index in [4.69, 9.17) is 4.74 Å². The molecule has 0 radical (unpaired) electrons. The molecule has 0 saturated carbocycles. The molecule has 0 N–H and O–H groups in total. The summed E-state index contributed by atoms with van der Waals surface area (Å²) in [6.45, 7) is 2.00. The number of ether oxygens (including phenoxy) is 1. The molecule has 112 valence electrons. The first-order valence-electron chi connectivity index (χ1n) is 3.79. The molecule has 2 aliphatic rings. The summed E-state index contributed by atoms with van der Waals surface area (Å²) in [7, 11) is 0. The van der Waals surface area contributed by atoms with Crippen molar-refractivity contribution < 1.29 is 22.1 Å². The molecule has 18 heavy (non-hydrogen) atoms. The van der Waals surface area contributed by atoms with Gasteiger partial charge >= 0.3 is 17.4 Å². The number of hydrogen-bond donors (Lipinski definition) is 0. The largest absolute Gasteiger partial charge is 6.00 e. The Labute approximate surface area is 140 Å². The van der Waals surface area contributed by atoms with Crippen molar-refractivity contribution in [2.45, 2.75) is 19.3 Å². The summed E-state index contributed by atoms with van der Waals surface area (Å²) in [6, 6.07) is 0. The van der Waals surface area contributed by atoms with Crippen LogP contribution in [0.2, 0.25) is 0 Å². The van der Waals surface area contributed by atoms with E-state index in [9.17, 15) is 0 Å². The zero-order valence-corrected chi connectivity index (χ0v) is 15.3. The molecule has 0 unspecified atom stereocenters. The Morgan fingerprint density at radius 1 is 0.833 bits per heavy atom. The van der Waals surface area contributed by atoms with E-state index in [1.807, 2.05) is 12.2 Å². The van der Waals surface area contributed by atoms with Gasteiger partial charge in [0.1, 0.15) is 0 Å². The number of rotatable bonds is 0. The molecule has 0 aromatic carbocycles. The quantitative estimate of drug-likeness (QED) is 0.553. The molecule has 1 nitrogen and oxygen atoms in total. The van der Waals surface area contributed by atoms with Gasteiger partial charge in [-0.25, -0.2) is 12.2 Å². The van der Waals surface area contributed by atoms with Crippen LogP contribution in [-0.4, -0.2) is 13.2 Å². The fraction of sp³-hybridized carbons (Fsp3) is 0.357. The van der Waals surface area contributed by atoms with Crippen molar-refractivity contribution in [3.63, 3.8) is 0 Å². The predicted molar refractivity (Wildman–Crippen MR) is 88.2 cm³/mol. The van der Waals surface area contributed by atoms with Gasteiger partial charge in [0, 0.05) is 13.2 Å². The van der Waals surface area contributed by atoms with E-state index < -0.39 is 0 Å². The van der Waals surface area contributed by atoms with Crippen LogP contribution in [0.5, 0.6) is 0 Å². The van der Waals surface area contributed by atoms with Crippen molar-refractivity contribution in [2.75, 3.05) is 13.2 Å². The van der Waals surface area contributed by atoms with Crippen molar-refractivity contribution in [1.82, 2.24) is 0 Å². The molecule has 1 saturated heterocycles. The first-order chi connectivity index (χ1) is 5.00. The van der Waals surface area contributed by atoms with E-state index in [1.165, 1.54) is 12.8 Å². The molecule has 1 fully saturated rings. The summed E-state index contributed by atoms with van der Waals surface area (Å²) in [5.74, 6) is 0. The second-order valence-corrected chi connectivity index (χ2v) is 2.32. The van der Waals surface area contributed by atoms with Gasteiger partial charge in [0.25, 0.3) is 0 Å². The van der Waals surface area contributed by atoms with Crippen molar-refractivity contribution in [2.24, 2.45) is 0 Å². The summed E-state index contributed by atoms with van der Waals surface area (Å²) in [5, 5.41) is 0. The Morgan fingerprint density at radius 2 is 1.28 bits per heavy atom. The van der Waals surface area contributed by atoms with Gasteiger partial charge in [0.05, 0.1) is 0 Å². The van der Waals surface area contributed by atoms with Crippen LogP contribution in [0.4, 0.5) is 0 Å². The van der Waals surface area contributed by atoms with Crippen LogP contribution in [0.15, 0.2) is 18.2 Å². The third kappa shape index (κ3) is 36.0. The van der Waals surface area contributed by atoms with Crippen molar-refractivity contribution in [3.8, 4) is 0 Å². The summed E-state index contributed by atoms with van der Waals surface area (Å²) < 4.78 is 4.94. The monoisotopic (exact) mass is 336 g/mol. The average Bonchev–Trinajstić information content (AvgIpc) is 2.67. The molecular weight excluding hydrogens is 307 g/mol. The standard InChI is InChI=1S/C5H5.C4H8O.5CH3.2ClH.Cr/c2*1-2-4-5-3-1;;;;;;;;/h1-3H,4H2;1-4H2;5*1H3;2*1H;/q-1;;5*-1;;;+6. The van der Waals surface area contributed by atoms with Crippen LogP contribution in [0.25, 0.3) is 0 Å². The van der Waals surface area contributed by atoms with Gasteiger partial charge in [-0.05, 0) is 12.8 Å². The Bertz CT molecular complexity index is 118. The van der Waals surface area contributed by atoms with Crippen molar-refractivity contribution in [1.29, 1.82) is 0 Å². The van der Waals surface area contributed by atoms with Crippen LogP contribution in [0, 0.1) is 43.2 Å². The van der Waals surface area contributed by atoms with Gasteiger partial charge in [0.2, 0.25) is 0 Å². The summed E-state index contributed by atoms with van der Waals surface area (Å²) in [5.41, 5.74) is 0. The van der Waals surface area contributed by atoms with Crippen LogP contribution in [-0.2, 0) is 22.1 Å². The molecular formula is C14H30Cl2CrO. The Balaban J connectivity index is -0.0000000128. The second-order valence-electron chi connectivity index (χ2n) is 2.32. The van der Waals surface area contributed by atoms with Crippen LogP contribution in [0.3, 0.4) is 0 Å². The molecule has 1 aliphatic heterocycles. The Hall–Kier alpha value is 0.552. The minimum atomic E-state index is 0. The normalized spacial score (nSPS) is 11.6. The zero-order chi connectivity index (χ0) is 7.07. The van der Waals surface area contributed by atoms with Gasteiger partial charge in [-0.3, -0.25) is 6.08 Å². The van der Waals surface area contributed by atoms with E-state index >= 15 is 0 Å². The average molecular weight is 337 g/mol. The molecule has 0 bridgehead atoms. The predicted octanol–water partition coefficient (Wildman–Crippen LogP) is 5.20. The van der Waals surface area contributed by atoms with Crippen molar-refractivity contribution in [3.05, 3.63) is 61.4 Å². The first-order valence-corrected chi connectivity index (χ1v) is 3.79. The molecule has 0 amide bonds. The summed E-state index contributed by atoms with van der Waals surface area (Å²) in [4.78, 5) is 0. The summed E-state index contributed by atoms with van der Waals surface area (Å²) >= 11 is 0. The Kier molecular flexibility index (Phi) is 123. The van der Waals surface area contributed by atoms with E-state index in [2.05, 4.69) is 12.2 Å². The number of halogens is 2. The van der Waals surface area contributed by atoms with Gasteiger partial charge in [-0.1, -0.05) is 0 Å². The maximum Gasteiger partial charge on any atom is 6.00 e. The third-order valence-corrected chi connectivity index (χ3v) is 1.41. The maximum absolute atomic E-state index is 4.94. The fourth-order valence-electron chi connectivity index (χ4n) is 0.851. The van der Waals surface area contributed by atoms with E-state index in [0.717, 1.165) is 19.6 Å². The zero-order valence-electron chi connectivity index (χ0n) is 12.4. The third-order valence-electron chi connectivity index (χ3n) is 1.41. The molecule has 0 atom stereocenters. The van der Waals surface area contributed by atoms with Crippen LogP contribution in [0.1, 0.15) is 19.3 Å². The number of hydrogen-bond acceptors (Lipinski definition) is 1. The van der Waals surface area contributed by atoms with Crippen molar-refractivity contribution >= 4 is 24.8 Å². The first kappa shape index (κ1) is 51.3. The molecule has 1 heterocycles. The minimum absolute atomic E-state index is 0. The molecule has 0 aromatic rings. The van der Waals surface area contributed by atoms with Gasteiger partial charge in [0.15, 0.2) is 0 Å². The minimum Gasteiger partial charge on any atom is -0.381 e. The second kappa shape index (κ2) is 43.2. The van der Waals surface area contributed by atoms with Gasteiger partial charge in [-0.2, -0.15) is 6.08 Å². The molecule has 1 aliphatic carbocycles. The van der Waals surface area contributed by atoms with E-state index in [-0.39, 0.29) is 79.3 Å².